The fraction of sp³-hybridized carbons (Fsp3) is 0.221. The second kappa shape index (κ2) is 18.0. The van der Waals surface area contributed by atoms with Crippen LogP contribution in [0, 0.1) is 13.7 Å². The van der Waals surface area contributed by atoms with Crippen molar-refractivity contribution in [1.29, 1.82) is 0 Å². The van der Waals surface area contributed by atoms with E-state index in [0.29, 0.717) is 34.9 Å². The summed E-state index contributed by atoms with van der Waals surface area (Å²) in [7, 11) is 0. The van der Waals surface area contributed by atoms with E-state index in [-0.39, 0.29) is 27.4 Å². The summed E-state index contributed by atoms with van der Waals surface area (Å²) in [5.74, 6) is 2.22. The molecule has 8 aromatic carbocycles. The Bertz CT molecular complexity index is 3950. The van der Waals surface area contributed by atoms with Crippen molar-refractivity contribution in [2.75, 3.05) is 16.5 Å². The van der Waals surface area contributed by atoms with Gasteiger partial charge in [0.1, 0.15) is 24.0 Å². The molecule has 1 aliphatic rings. The van der Waals surface area contributed by atoms with E-state index in [1.165, 1.54) is 16.7 Å². The Kier molecular flexibility index (Phi) is 10.0. The monoisotopic (exact) mass is 961 g/mol. The number of hydrogen-bond acceptors (Lipinski definition) is 4. The molecule has 0 bridgehead atoms. The molecule has 0 aliphatic carbocycles. The summed E-state index contributed by atoms with van der Waals surface area (Å²) in [5, 5.41) is 2.25. The largest absolute Gasteiger partial charge is 0.457 e. The first kappa shape index (κ1) is 40.7. The summed E-state index contributed by atoms with van der Waals surface area (Å²) in [6, 6.07) is 61.0. The molecule has 5 heteroatoms. The number of benzene rings is 8. The highest BCUT2D eigenvalue weighted by Gasteiger charge is 2.32. The van der Waals surface area contributed by atoms with Crippen LogP contribution in [0.1, 0.15) is 98.4 Å². The highest BCUT2D eigenvalue weighted by atomic mass is 16.5. The molecule has 0 unspecified atom stereocenters. The van der Waals surface area contributed by atoms with E-state index in [1.807, 2.05) is 30.5 Å². The van der Waals surface area contributed by atoms with Crippen molar-refractivity contribution in [2.45, 2.75) is 92.3 Å². The number of para-hydroxylation sites is 4. The highest BCUT2D eigenvalue weighted by Crippen LogP contribution is 2.51. The topological polar surface area (TPSA) is 33.5 Å². The van der Waals surface area contributed by atoms with E-state index >= 15 is 0 Å². The third-order valence-electron chi connectivity index (χ3n) is 14.4. The van der Waals surface area contributed by atoms with Crippen LogP contribution >= 0.6 is 0 Å². The van der Waals surface area contributed by atoms with E-state index in [2.05, 4.69) is 198 Å². The van der Waals surface area contributed by atoms with Crippen molar-refractivity contribution >= 4 is 44.6 Å². The smallest absolute Gasteiger partial charge is 0.137 e. The van der Waals surface area contributed by atoms with Gasteiger partial charge in [0.15, 0.2) is 0 Å². The molecule has 10 aromatic rings. The van der Waals surface area contributed by atoms with Crippen LogP contribution < -0.4 is 14.5 Å². The first-order chi connectivity index (χ1) is 37.3. The van der Waals surface area contributed by atoms with Gasteiger partial charge in [-0.15, -0.1) is 0 Å². The van der Waals surface area contributed by atoms with Crippen LogP contribution in [0.25, 0.3) is 61.0 Å². The lowest BCUT2D eigenvalue weighted by Crippen LogP contribution is -2.25. The molecule has 364 valence electrons. The molecular weight excluding hydrogens is 889 g/mol. The Balaban J connectivity index is 1.04. The van der Waals surface area contributed by atoms with E-state index in [9.17, 15) is 0 Å². The number of aryl methyl sites for hydroxylation is 2. The lowest BCUT2D eigenvalue weighted by atomic mass is 9.78. The third-order valence-corrected chi connectivity index (χ3v) is 14.4. The minimum Gasteiger partial charge on any atom is -0.457 e. The quantitative estimate of drug-likeness (QED) is 0.152. The minimum atomic E-state index is -2.57. The van der Waals surface area contributed by atoms with Crippen LogP contribution in [-0.2, 0) is 16.2 Å². The highest BCUT2D eigenvalue weighted by molar-refractivity contribution is 6.09. The third kappa shape index (κ3) is 8.86. The summed E-state index contributed by atoms with van der Waals surface area (Å²) in [6.07, 6.45) is 1.90. The van der Waals surface area contributed by atoms with Crippen molar-refractivity contribution < 1.29 is 13.0 Å². The summed E-state index contributed by atoms with van der Waals surface area (Å²) in [6.45, 7) is 15.5. The molecule has 73 heavy (non-hydrogen) atoms. The van der Waals surface area contributed by atoms with Crippen LogP contribution in [0.4, 0.5) is 22.7 Å². The van der Waals surface area contributed by atoms with Gasteiger partial charge in [-0.05, 0) is 135 Å². The van der Waals surface area contributed by atoms with Gasteiger partial charge >= 0.3 is 0 Å². The number of pyridine rings is 1. The average molecular weight is 961 g/mol. The Morgan fingerprint density at radius 2 is 1.07 bits per heavy atom. The summed E-state index contributed by atoms with van der Waals surface area (Å²) >= 11 is 0. The molecule has 0 amide bonds. The van der Waals surface area contributed by atoms with Gasteiger partial charge in [-0.1, -0.05) is 178 Å². The van der Waals surface area contributed by atoms with Crippen LogP contribution in [0.3, 0.4) is 0 Å². The number of hydrogen-bond donors (Lipinski definition) is 0. The molecular formula is C68H66N4O. The predicted molar refractivity (Wildman–Crippen MR) is 309 cm³/mol. The SMILES string of the molecule is [2H]C([2H])([2H])c1ccccc1-c1ccc(-c2cccc(-c3cc(C(C)(C)C)cc(C(C)(C)C)c3)c2N2CN(c3cccc(Oc4ccc5c6ccccc6n(-c6cc(C(C)(C)C)ccn6)c5c4)c3)c3ccccc32)cc1C([2H])([2H])[2H]. The summed E-state index contributed by atoms with van der Waals surface area (Å²) < 4.78 is 60.9. The lowest BCUT2D eigenvalue weighted by Gasteiger charge is -2.30. The zero-order valence-corrected chi connectivity index (χ0v) is 43.3. The van der Waals surface area contributed by atoms with E-state index in [1.54, 1.807) is 36.4 Å². The average Bonchev–Trinajstić information content (AvgIpc) is 4.15. The Hall–Kier alpha value is -7.89. The van der Waals surface area contributed by atoms with Crippen LogP contribution in [-0.4, -0.2) is 16.2 Å². The van der Waals surface area contributed by atoms with Crippen molar-refractivity contribution in [2.24, 2.45) is 0 Å². The fourth-order valence-corrected chi connectivity index (χ4v) is 10.4. The molecule has 0 atom stereocenters. The molecule has 0 saturated carbocycles. The first-order valence-corrected chi connectivity index (χ1v) is 25.3. The number of fused-ring (bicyclic) bond motifs is 4. The van der Waals surface area contributed by atoms with E-state index < -0.39 is 13.7 Å². The fourth-order valence-electron chi connectivity index (χ4n) is 10.4. The van der Waals surface area contributed by atoms with Gasteiger partial charge in [0.05, 0.1) is 28.1 Å². The maximum Gasteiger partial charge on any atom is 0.137 e. The van der Waals surface area contributed by atoms with Gasteiger partial charge in [0.2, 0.25) is 0 Å². The summed E-state index contributed by atoms with van der Waals surface area (Å²) in [5.41, 5.74) is 13.6. The zero-order chi connectivity index (χ0) is 56.0. The van der Waals surface area contributed by atoms with E-state index in [0.717, 1.165) is 67.1 Å². The van der Waals surface area contributed by atoms with Crippen molar-refractivity contribution in [3.05, 3.63) is 216 Å². The van der Waals surface area contributed by atoms with Crippen molar-refractivity contribution in [1.82, 2.24) is 9.55 Å². The van der Waals surface area contributed by atoms with Gasteiger partial charge < -0.3 is 14.5 Å². The molecule has 11 rings (SSSR count). The predicted octanol–water partition coefficient (Wildman–Crippen LogP) is 18.7. The van der Waals surface area contributed by atoms with Crippen molar-refractivity contribution in [3.63, 3.8) is 0 Å². The molecule has 1 aliphatic heterocycles. The maximum absolute atomic E-state index is 8.91. The molecule has 5 nitrogen and oxygen atoms in total. The molecule has 3 heterocycles. The molecule has 0 saturated heterocycles. The van der Waals surface area contributed by atoms with Gasteiger partial charge in [-0.25, -0.2) is 4.98 Å². The normalized spacial score (nSPS) is 14.6. The number of anilines is 4. The van der Waals surface area contributed by atoms with Gasteiger partial charge in [-0.3, -0.25) is 4.57 Å². The standard InChI is InChI=1S/C68H66N4O/c1-44-20-12-13-23-54(44)55-32-30-46(36-45(55)2)56-25-19-26-57(47-37-49(67(6,7)8)39-50(38-47)68(9,10)11)65(56)71-43-70(61-28-16-17-29-62(61)71)51-21-18-22-52(41-51)73-53-31-33-59-58-24-14-15-27-60(58)72(63(59)42-53)64-40-48(34-35-69-64)66(3,4)5/h12-42H,43H2,1-11H3/i1D3,2D3. The summed E-state index contributed by atoms with van der Waals surface area (Å²) in [4.78, 5) is 9.54. The minimum absolute atomic E-state index is 0.0561. The number of rotatable bonds is 8. The Morgan fingerprint density at radius 1 is 0.452 bits per heavy atom. The lowest BCUT2D eigenvalue weighted by molar-refractivity contribution is 0.483. The Labute approximate surface area is 440 Å². The first-order valence-electron chi connectivity index (χ1n) is 28.3. The second-order valence-corrected chi connectivity index (χ2v) is 22.6. The Morgan fingerprint density at radius 3 is 1.81 bits per heavy atom. The van der Waals surface area contributed by atoms with Crippen LogP contribution in [0.15, 0.2) is 188 Å². The number of nitrogens with zero attached hydrogens (tertiary/aromatic N) is 4. The van der Waals surface area contributed by atoms with Gasteiger partial charge in [0.25, 0.3) is 0 Å². The number of aromatic nitrogens is 2. The molecule has 0 fully saturated rings. The van der Waals surface area contributed by atoms with Crippen molar-refractivity contribution in [3.8, 4) is 50.7 Å². The maximum atomic E-state index is 8.91. The number of ether oxygens (including phenoxy) is 1. The second-order valence-electron chi connectivity index (χ2n) is 22.6. The molecule has 2 aromatic heterocycles. The zero-order valence-electron chi connectivity index (χ0n) is 49.3. The van der Waals surface area contributed by atoms with Crippen LogP contribution in [0.2, 0.25) is 0 Å². The van der Waals surface area contributed by atoms with Gasteiger partial charge in [0, 0.05) is 54.1 Å². The molecule has 0 N–H and O–H groups in total. The van der Waals surface area contributed by atoms with Gasteiger partial charge in [-0.2, -0.15) is 0 Å². The van der Waals surface area contributed by atoms with E-state index in [4.69, 9.17) is 17.9 Å². The molecule has 0 radical (unpaired) electrons. The van der Waals surface area contributed by atoms with Crippen LogP contribution in [0.5, 0.6) is 11.5 Å². The molecule has 0 spiro atoms.